The van der Waals surface area contributed by atoms with E-state index in [1.807, 2.05) is 0 Å². The summed E-state index contributed by atoms with van der Waals surface area (Å²) in [6, 6.07) is 13.7. The second kappa shape index (κ2) is 6.69. The molecule has 1 unspecified atom stereocenters. The van der Waals surface area contributed by atoms with E-state index in [0.29, 0.717) is 5.69 Å². The molecular weight excluding hydrogens is 328 g/mol. The maximum Gasteiger partial charge on any atom is 0.350 e. The number of hydrogen-bond donors (Lipinski definition) is 2. The zero-order valence-electron chi connectivity index (χ0n) is 11.1. The largest absolute Gasteiger partial charge is 0.350 e. The number of carbonyl (C=O) groups is 1. The molecule has 0 saturated carbocycles. The summed E-state index contributed by atoms with van der Waals surface area (Å²) in [4.78, 5) is 11.8. The molecule has 116 valence electrons. The highest BCUT2D eigenvalue weighted by Gasteiger charge is 2.34. The van der Waals surface area contributed by atoms with Crippen molar-refractivity contribution in [1.29, 1.82) is 0 Å². The molecule has 2 aromatic rings. The molecule has 0 spiro atoms. The van der Waals surface area contributed by atoms with Crippen LogP contribution in [0.3, 0.4) is 0 Å². The lowest BCUT2D eigenvalue weighted by Crippen LogP contribution is -2.40. The minimum absolute atomic E-state index is 0.116. The summed E-state index contributed by atoms with van der Waals surface area (Å²) in [6.45, 7) is 0. The van der Waals surface area contributed by atoms with E-state index in [1.165, 1.54) is 36.4 Å². The van der Waals surface area contributed by atoms with Crippen LogP contribution in [0, 0.1) is 0 Å². The monoisotopic (exact) mass is 340 g/mol. The number of rotatable bonds is 4. The Bertz CT molecular complexity index is 779. The van der Waals surface area contributed by atoms with Gasteiger partial charge in [0, 0.05) is 5.69 Å². The van der Waals surface area contributed by atoms with Crippen molar-refractivity contribution in [1.82, 2.24) is 3.71 Å². The van der Waals surface area contributed by atoms with Crippen LogP contribution >= 0.6 is 0 Å². The van der Waals surface area contributed by atoms with Gasteiger partial charge in [-0.05, 0) is 24.3 Å². The molecule has 9 heteroatoms. The van der Waals surface area contributed by atoms with Gasteiger partial charge in [-0.15, -0.1) is 3.71 Å². The van der Waals surface area contributed by atoms with Crippen LogP contribution in [0.15, 0.2) is 65.6 Å². The van der Waals surface area contributed by atoms with Crippen LogP contribution in [-0.2, 0) is 21.3 Å². The minimum atomic E-state index is -4.45. The van der Waals surface area contributed by atoms with E-state index in [0.717, 1.165) is 0 Å². The highest BCUT2D eigenvalue weighted by atomic mass is 32.3. The molecular formula is C13H12N2O5S2. The summed E-state index contributed by atoms with van der Waals surface area (Å²) in [5, 5.41) is 2.25. The molecule has 22 heavy (non-hydrogen) atoms. The maximum atomic E-state index is 12.3. The third kappa shape index (κ3) is 3.50. The van der Waals surface area contributed by atoms with Crippen molar-refractivity contribution < 1.29 is 22.0 Å². The average molecular weight is 340 g/mol. The van der Waals surface area contributed by atoms with Crippen molar-refractivity contribution >= 4 is 33.0 Å². The first-order chi connectivity index (χ1) is 10.4. The number of nitrogens with zero attached hydrogens (tertiary/aromatic N) is 1. The number of nitrogens with one attached hydrogen (secondary N) is 1. The number of anilines is 1. The molecule has 2 N–H and O–H groups in total. The van der Waals surface area contributed by atoms with Gasteiger partial charge in [-0.25, -0.2) is 9.00 Å². The zero-order chi connectivity index (χ0) is 16.2. The van der Waals surface area contributed by atoms with Gasteiger partial charge in [0.1, 0.15) is 0 Å². The third-order valence-electron chi connectivity index (χ3n) is 2.59. The van der Waals surface area contributed by atoms with Crippen LogP contribution in [-0.4, -0.2) is 26.9 Å². The fourth-order valence-corrected chi connectivity index (χ4v) is 3.72. The molecule has 0 saturated heterocycles. The quantitative estimate of drug-likeness (QED) is 0.829. The van der Waals surface area contributed by atoms with Gasteiger partial charge < -0.3 is 5.32 Å². The van der Waals surface area contributed by atoms with Crippen LogP contribution in [0.1, 0.15) is 0 Å². The molecule has 1 atom stereocenters. The second-order valence-corrected chi connectivity index (χ2v) is 6.92. The molecule has 2 rings (SSSR count). The molecule has 0 aromatic heterocycles. The molecule has 2 aromatic carbocycles. The van der Waals surface area contributed by atoms with Crippen molar-refractivity contribution in [3.8, 4) is 0 Å². The summed E-state index contributed by atoms with van der Waals surface area (Å²) in [5.74, 6) is 0. The van der Waals surface area contributed by atoms with E-state index in [2.05, 4.69) is 5.32 Å². The van der Waals surface area contributed by atoms with E-state index in [9.17, 15) is 22.0 Å². The molecule has 2 amide bonds. The van der Waals surface area contributed by atoms with Gasteiger partial charge in [-0.3, -0.25) is 4.55 Å². The van der Waals surface area contributed by atoms with Crippen LogP contribution < -0.4 is 5.32 Å². The summed E-state index contributed by atoms with van der Waals surface area (Å²) >= 11 is -3.04. The summed E-state index contributed by atoms with van der Waals surface area (Å²) in [7, 11) is -4.45. The molecule has 0 bridgehead atoms. The first kappa shape index (κ1) is 16.1. The Morgan fingerprint density at radius 1 is 1.00 bits per heavy atom. The smallest absolute Gasteiger partial charge is 0.306 e. The predicted octanol–water partition coefficient (Wildman–Crippen LogP) is 2.05. The van der Waals surface area contributed by atoms with E-state index < -0.39 is 27.3 Å². The van der Waals surface area contributed by atoms with Crippen LogP contribution in [0.25, 0.3) is 0 Å². The number of hydrogen-bond acceptors (Lipinski definition) is 4. The van der Waals surface area contributed by atoms with E-state index in [4.69, 9.17) is 0 Å². The first-order valence-corrected chi connectivity index (χ1v) is 8.50. The number of carbonyl (C=O) groups excluding carboxylic acids is 1. The molecule has 0 aliphatic rings. The Morgan fingerprint density at radius 2 is 1.50 bits per heavy atom. The summed E-state index contributed by atoms with van der Waals surface area (Å²) < 4.78 is 45.1. The molecule has 0 heterocycles. The van der Waals surface area contributed by atoms with Crippen molar-refractivity contribution in [2.75, 3.05) is 5.32 Å². The topological polar surface area (TPSA) is 104 Å². The van der Waals surface area contributed by atoms with Crippen LogP contribution in [0.2, 0.25) is 0 Å². The van der Waals surface area contributed by atoms with Crippen LogP contribution in [0.5, 0.6) is 0 Å². The zero-order valence-corrected chi connectivity index (χ0v) is 12.8. The second-order valence-electron chi connectivity index (χ2n) is 4.07. The number of sulfonamides is 1. The van der Waals surface area contributed by atoms with Crippen molar-refractivity contribution in [3.63, 3.8) is 0 Å². The van der Waals surface area contributed by atoms with Crippen molar-refractivity contribution in [3.05, 3.63) is 60.7 Å². The minimum Gasteiger partial charge on any atom is -0.306 e. The van der Waals surface area contributed by atoms with E-state index in [-0.39, 0.29) is 8.61 Å². The molecule has 0 radical (unpaired) electrons. The SMILES string of the molecule is O=C(Nc1ccccc1)N(S(=O)O)S(=O)(=O)c1ccccc1. The average Bonchev–Trinajstić information content (AvgIpc) is 2.48. The van der Waals surface area contributed by atoms with Gasteiger partial charge in [0.05, 0.1) is 4.90 Å². The molecule has 7 nitrogen and oxygen atoms in total. The Balaban J connectivity index is 2.35. The van der Waals surface area contributed by atoms with Gasteiger partial charge in [0.25, 0.3) is 21.3 Å². The molecule has 0 aliphatic heterocycles. The molecule has 0 aliphatic carbocycles. The fourth-order valence-electron chi connectivity index (χ4n) is 1.64. The van der Waals surface area contributed by atoms with Gasteiger partial charge in [0.2, 0.25) is 0 Å². The van der Waals surface area contributed by atoms with E-state index in [1.54, 1.807) is 24.3 Å². The molecule has 0 fully saturated rings. The van der Waals surface area contributed by atoms with Crippen LogP contribution in [0.4, 0.5) is 10.5 Å². The Morgan fingerprint density at radius 3 is 2.00 bits per heavy atom. The summed E-state index contributed by atoms with van der Waals surface area (Å²) in [5.41, 5.74) is 0.297. The van der Waals surface area contributed by atoms with Gasteiger partial charge in [-0.1, -0.05) is 36.4 Å². The predicted molar refractivity (Wildman–Crippen MR) is 81.7 cm³/mol. The number of benzene rings is 2. The number of para-hydroxylation sites is 1. The van der Waals surface area contributed by atoms with Crippen molar-refractivity contribution in [2.24, 2.45) is 0 Å². The van der Waals surface area contributed by atoms with Gasteiger partial charge in [0.15, 0.2) is 0 Å². The lowest BCUT2D eigenvalue weighted by molar-refractivity contribution is 0.247. The number of urea groups is 1. The van der Waals surface area contributed by atoms with Crippen molar-refractivity contribution in [2.45, 2.75) is 4.90 Å². The van der Waals surface area contributed by atoms with Gasteiger partial charge in [-0.2, -0.15) is 8.42 Å². The first-order valence-electron chi connectivity index (χ1n) is 6.00. The fraction of sp³-hybridized carbons (Fsp3) is 0. The number of amides is 2. The van der Waals surface area contributed by atoms with Gasteiger partial charge >= 0.3 is 6.03 Å². The lowest BCUT2D eigenvalue weighted by Gasteiger charge is -2.18. The maximum absolute atomic E-state index is 12.3. The third-order valence-corrected chi connectivity index (χ3v) is 5.48. The summed E-state index contributed by atoms with van der Waals surface area (Å²) in [6.07, 6.45) is 0. The highest BCUT2D eigenvalue weighted by Crippen LogP contribution is 2.18. The Labute approximate surface area is 130 Å². The lowest BCUT2D eigenvalue weighted by atomic mass is 10.3. The Hall–Kier alpha value is -2.23. The highest BCUT2D eigenvalue weighted by molar-refractivity contribution is 8.00. The Kier molecular flexibility index (Phi) is 4.91. The standard InChI is InChI=1S/C13H12N2O5S2/c16-13(14-11-7-3-1-4-8-11)15(21(17)18)22(19,20)12-9-5-2-6-10-12/h1-10H,(H,14,16)(H,17,18). The normalized spacial score (nSPS) is 12.4. The van der Waals surface area contributed by atoms with E-state index >= 15 is 0 Å².